The number of aliphatic hydroxyl groups excluding tert-OH is 1. The standard InChI is InChI=1S/C46H67N5O10.C42H57N3O11/c1-13-36-46(14-2)40(51(44(56)61-46)19-18-50(11)26-32-21-34(25-48-23-32)33-16-15-17-47-24-33)29(5)37(52)27(3)22-45(8,57-12)41(30(6)38(53)31(7)42(55)59-36)60-43-39(54)35(49(9)10)20-28(4)58-43;1-12-32-42(13-2,56-40(50)45-20-19-43-24-45)23-26(4)33(46)25(3)22-41(8,51-11)36(28(6)34(47)29(7)37(48)53-32)55-39-35(31(44(9)10)21-27(5)52-39)54-38(49)30-17-15-14-16-18-30/h14-17,21,23-25,27-31,35-36,39-41,43,54H,2,13,18-20,22,26H2,1,3-12H3;13-20,23-25,27-29,31-32,35-36,39H,2,12,21-22H2,1,3-11H3/b;26-23+/t27-,28-,29+,30+,31-,35+,36-,39-,40-,41-,43?,45+,46-;25-,27-,28+,29-,31+,32-,35-,36-,39?,41+,42+/m11/s1. The van der Waals surface area contributed by atoms with Crippen LogP contribution in [0.4, 0.5) is 9.59 Å². The van der Waals surface area contributed by atoms with E-state index in [0.717, 1.165) is 21.3 Å². The zero-order chi connectivity index (χ0) is 86.5. The molecule has 0 aliphatic carbocycles. The van der Waals surface area contributed by atoms with Crippen LogP contribution in [0.5, 0.6) is 0 Å². The van der Waals surface area contributed by atoms with Crippen LogP contribution in [0.2, 0.25) is 0 Å². The third kappa shape index (κ3) is 21.3. The monoisotopic (exact) mass is 1630 g/mol. The first-order chi connectivity index (χ1) is 55.2. The number of aromatic nitrogens is 4. The van der Waals surface area contributed by atoms with Crippen molar-refractivity contribution in [1.29, 1.82) is 0 Å². The van der Waals surface area contributed by atoms with Gasteiger partial charge in [0.25, 0.3) is 0 Å². The van der Waals surface area contributed by atoms with Gasteiger partial charge in [0.15, 0.2) is 47.2 Å². The number of carbonyl (C=O) groups is 9. The van der Waals surface area contributed by atoms with Crippen LogP contribution in [0.1, 0.15) is 151 Å². The van der Waals surface area contributed by atoms with E-state index in [-0.39, 0.29) is 73.7 Å². The van der Waals surface area contributed by atoms with Crippen LogP contribution >= 0.6 is 0 Å². The third-order valence-corrected chi connectivity index (χ3v) is 24.1. The Kier molecular flexibility index (Phi) is 32.4. The van der Waals surface area contributed by atoms with Crippen LogP contribution in [0.15, 0.2) is 129 Å². The summed E-state index contributed by atoms with van der Waals surface area (Å²) in [4.78, 5) is 147. The molecule has 4 fully saturated rings. The SMILES string of the molecule is C=C[C@]1(OC(=O)n2ccnc2)/C=C(\C)C(=O)[C@H](C)C[C@](C)(OC)[C@H](OC2O[C@H](C)C[C@H](N(C)C)[C@H]2OC(=O)c2ccccc2)[C@@H](C)C(=O)[C@@H](C)C(=O)O[C@@H]1CC.C=C[C@]12OC(=O)N(CCN(C)Cc3cncc(-c4cccnc4)c3)[C@@H]1[C@@H](C)C(=O)[C@H](C)C[C@](C)(OC)[C@H](OC1O[C@H](C)C[C@H](N(C)C)[C@H]1O)[C@@H](C)C(=O)[C@@H](C)C(=O)O[C@@H]2CC. The van der Waals surface area contributed by atoms with E-state index in [2.05, 4.69) is 34.2 Å². The van der Waals surface area contributed by atoms with Gasteiger partial charge < -0.3 is 71.9 Å². The second-order valence-corrected chi connectivity index (χ2v) is 33.1. The average molecular weight is 1630 g/mol. The number of esters is 3. The van der Waals surface area contributed by atoms with Gasteiger partial charge in [0, 0.05) is 118 Å². The Labute approximate surface area is 688 Å². The van der Waals surface area contributed by atoms with Crippen LogP contribution in [0.3, 0.4) is 0 Å². The van der Waals surface area contributed by atoms with E-state index < -0.39 is 161 Å². The summed E-state index contributed by atoms with van der Waals surface area (Å²) in [5.41, 5.74) is -2.69. The predicted molar refractivity (Wildman–Crippen MR) is 433 cm³/mol. The summed E-state index contributed by atoms with van der Waals surface area (Å²) in [7, 11) is 12.4. The highest BCUT2D eigenvalue weighted by Crippen LogP contribution is 2.46. The number of pyridine rings is 2. The van der Waals surface area contributed by atoms with Gasteiger partial charge in [-0.3, -0.25) is 43.6 Å². The van der Waals surface area contributed by atoms with Gasteiger partial charge in [-0.05, 0) is 176 Å². The van der Waals surface area contributed by atoms with Crippen LogP contribution in [0.25, 0.3) is 11.1 Å². The Balaban J connectivity index is 0.000000293. The number of methoxy groups -OCH3 is 2. The Morgan fingerprint density at radius 3 is 1.77 bits per heavy atom. The summed E-state index contributed by atoms with van der Waals surface area (Å²) in [6.45, 7) is 32.9. The van der Waals surface area contributed by atoms with Crippen molar-refractivity contribution < 1.29 is 100 Å². The van der Waals surface area contributed by atoms with Crippen LogP contribution in [-0.4, -0.2) is 262 Å². The topological polar surface area (TPSA) is 332 Å². The number of benzene rings is 1. The molecule has 5 aliphatic rings. The normalized spacial score (nSPS) is 35.0. The van der Waals surface area contributed by atoms with Gasteiger partial charge in [0.2, 0.25) is 0 Å². The van der Waals surface area contributed by atoms with E-state index in [0.29, 0.717) is 31.5 Å². The van der Waals surface area contributed by atoms with Crippen molar-refractivity contribution in [3.63, 3.8) is 0 Å². The van der Waals surface area contributed by atoms with Gasteiger partial charge in [-0.1, -0.05) is 85.9 Å². The fraction of sp³-hybridized carbons (Fsp3) is 0.614. The summed E-state index contributed by atoms with van der Waals surface area (Å²) in [6, 6.07) is 12.9. The van der Waals surface area contributed by atoms with Gasteiger partial charge >= 0.3 is 30.1 Å². The maximum atomic E-state index is 14.9. The van der Waals surface area contributed by atoms with Gasteiger partial charge in [-0.2, -0.15) is 0 Å². The number of nitrogens with zero attached hydrogens (tertiary/aromatic N) is 8. The smallest absolute Gasteiger partial charge is 0.420 e. The summed E-state index contributed by atoms with van der Waals surface area (Å²) >= 11 is 0. The number of ether oxygens (including phenoxy) is 11. The number of aliphatic hydroxyl groups is 1. The van der Waals surface area contributed by atoms with Crippen LogP contribution in [-0.2, 0) is 87.4 Å². The lowest BCUT2D eigenvalue weighted by Gasteiger charge is -2.47. The van der Waals surface area contributed by atoms with Crippen molar-refractivity contribution in [1.82, 2.24) is 39.1 Å². The number of carbonyl (C=O) groups excluding carboxylic acids is 9. The first-order valence-corrected chi connectivity index (χ1v) is 40.5. The van der Waals surface area contributed by atoms with E-state index >= 15 is 0 Å². The van der Waals surface area contributed by atoms with Crippen molar-refractivity contribution in [3.05, 3.63) is 140 Å². The Morgan fingerprint density at radius 1 is 0.667 bits per heavy atom. The second-order valence-electron chi connectivity index (χ2n) is 33.1. The largest absolute Gasteiger partial charge is 0.457 e. The third-order valence-electron chi connectivity index (χ3n) is 24.1. The Hall–Kier alpha value is -8.62. The molecule has 0 spiro atoms. The molecule has 3 aromatic heterocycles. The molecule has 1 N–H and O–H groups in total. The molecule has 0 radical (unpaired) electrons. The Morgan fingerprint density at radius 2 is 1.23 bits per heavy atom. The quantitative estimate of drug-likeness (QED) is 0.0350. The van der Waals surface area contributed by atoms with Gasteiger partial charge in [-0.15, -0.1) is 0 Å². The van der Waals surface area contributed by atoms with Crippen molar-refractivity contribution >= 4 is 53.2 Å². The Bertz CT molecular complexity index is 4130. The fourth-order valence-corrected chi connectivity index (χ4v) is 17.3. The molecule has 4 aromatic rings. The summed E-state index contributed by atoms with van der Waals surface area (Å²) < 4.78 is 69.9. The van der Waals surface area contributed by atoms with E-state index in [9.17, 15) is 48.3 Å². The van der Waals surface area contributed by atoms with Crippen molar-refractivity contribution in [2.75, 3.05) is 62.5 Å². The van der Waals surface area contributed by atoms with Crippen molar-refractivity contribution in [2.24, 2.45) is 41.4 Å². The molecule has 642 valence electrons. The summed E-state index contributed by atoms with van der Waals surface area (Å²) in [5.74, 6) is -10.7. The van der Waals surface area contributed by atoms with Crippen molar-refractivity contribution in [3.8, 4) is 11.1 Å². The van der Waals surface area contributed by atoms with E-state index in [1.165, 1.54) is 65.0 Å². The number of hydrogen-bond donors (Lipinski definition) is 1. The molecule has 9 rings (SSSR count). The lowest BCUT2D eigenvalue weighted by atomic mass is 9.72. The lowest BCUT2D eigenvalue weighted by Crippen LogP contribution is -2.60. The molecule has 24 atom stereocenters. The first-order valence-electron chi connectivity index (χ1n) is 40.5. The van der Waals surface area contributed by atoms with Crippen LogP contribution < -0.4 is 0 Å². The molecule has 8 heterocycles. The molecule has 1 amide bonds. The molecule has 29 heteroatoms. The zero-order valence-electron chi connectivity index (χ0n) is 71.9. The maximum Gasteiger partial charge on any atom is 0.420 e. The number of amides is 1. The number of hydrogen-bond acceptors (Lipinski definition) is 27. The molecule has 117 heavy (non-hydrogen) atoms. The minimum atomic E-state index is -1.80. The van der Waals surface area contributed by atoms with E-state index in [1.807, 2.05) is 75.9 Å². The molecule has 1 aromatic carbocycles. The van der Waals surface area contributed by atoms with Crippen LogP contribution in [0, 0.1) is 41.4 Å². The molecule has 5 aliphatic heterocycles. The molecule has 0 saturated carbocycles. The number of Topliss-reactive ketones (excluding diaryl/α,β-unsaturated/α-hetero) is 4. The number of cyclic esters (lactones) is 2. The molecule has 2 unspecified atom stereocenters. The highest BCUT2D eigenvalue weighted by atomic mass is 16.7. The minimum absolute atomic E-state index is 0.0512. The molecule has 4 saturated heterocycles. The molecular weight excluding hydrogens is 1510 g/mol. The van der Waals surface area contributed by atoms with E-state index in [4.69, 9.17) is 52.1 Å². The maximum absolute atomic E-state index is 14.9. The van der Waals surface area contributed by atoms with Gasteiger partial charge in [0.1, 0.15) is 42.3 Å². The van der Waals surface area contributed by atoms with E-state index in [1.54, 1.807) is 129 Å². The highest BCUT2D eigenvalue weighted by Gasteiger charge is 2.62. The van der Waals surface area contributed by atoms with Gasteiger partial charge in [0.05, 0.1) is 53.3 Å². The number of imidazole rings is 1. The molecular formula is C88H124N8O21. The number of allylic oxidation sites excluding steroid dienone is 1. The predicted octanol–water partition coefficient (Wildman–Crippen LogP) is 10.5. The lowest BCUT2D eigenvalue weighted by molar-refractivity contribution is -0.295. The zero-order valence-corrected chi connectivity index (χ0v) is 71.9. The number of rotatable bonds is 21. The first kappa shape index (κ1) is 93.9. The van der Waals surface area contributed by atoms with Gasteiger partial charge in [-0.25, -0.2) is 23.9 Å². The number of ketones is 4. The highest BCUT2D eigenvalue weighted by molar-refractivity contribution is 6.01. The average Bonchev–Trinajstić information content (AvgIpc) is 1.60. The van der Waals surface area contributed by atoms with Crippen molar-refractivity contribution in [2.45, 2.75) is 244 Å². The second kappa shape index (κ2) is 40.4. The number of fused-ring (bicyclic) bond motifs is 1. The molecule has 0 bridgehead atoms. The summed E-state index contributed by atoms with van der Waals surface area (Å²) in [6.07, 6.45) is 5.95. The summed E-state index contributed by atoms with van der Waals surface area (Å²) in [5, 5.41) is 11.5. The number of likely N-dealkylation sites (N-methyl/N-ethyl adjacent to an activating group) is 3. The fourth-order valence-electron chi connectivity index (χ4n) is 17.3. The minimum Gasteiger partial charge on any atom is -0.457 e. The molecule has 29 nitrogen and oxygen atoms in total.